The van der Waals surface area contributed by atoms with Crippen molar-refractivity contribution < 1.29 is 4.42 Å². The molecule has 1 unspecified atom stereocenters. The van der Waals surface area contributed by atoms with Crippen LogP contribution >= 0.6 is 0 Å². The van der Waals surface area contributed by atoms with Gasteiger partial charge in [-0.15, -0.1) is 0 Å². The smallest absolute Gasteiger partial charge is 0.159 e. The molecule has 2 aliphatic carbocycles. The largest absolute Gasteiger partial charge is 0.454 e. The van der Waals surface area contributed by atoms with Crippen molar-refractivity contribution in [2.24, 2.45) is 0 Å². The van der Waals surface area contributed by atoms with Gasteiger partial charge >= 0.3 is 0 Å². The van der Waals surface area contributed by atoms with Gasteiger partial charge in [0.1, 0.15) is 5.58 Å². The average molecular weight is 602 g/mol. The van der Waals surface area contributed by atoms with Crippen molar-refractivity contribution in [2.75, 3.05) is 4.90 Å². The van der Waals surface area contributed by atoms with Gasteiger partial charge in [-0.25, -0.2) is 0 Å². The van der Waals surface area contributed by atoms with E-state index in [-0.39, 0.29) is 5.41 Å². The van der Waals surface area contributed by atoms with Crippen molar-refractivity contribution in [1.82, 2.24) is 0 Å². The number of aryl methyl sites for hydroxylation is 1. The van der Waals surface area contributed by atoms with Crippen LogP contribution in [0.2, 0.25) is 0 Å². The van der Waals surface area contributed by atoms with Gasteiger partial charge in [0, 0.05) is 27.6 Å². The molecule has 1 spiro atoms. The molecule has 1 atom stereocenters. The number of hydrogen-bond acceptors (Lipinski definition) is 2. The number of hydrogen-bond donors (Lipinski definition) is 0. The van der Waals surface area contributed by atoms with E-state index in [0.29, 0.717) is 0 Å². The molecule has 2 aliphatic rings. The summed E-state index contributed by atoms with van der Waals surface area (Å²) in [5.41, 5.74) is 15.9. The normalized spacial score (nSPS) is 16.0. The third-order valence-electron chi connectivity index (χ3n) is 10.5. The van der Waals surface area contributed by atoms with Gasteiger partial charge < -0.3 is 9.32 Å². The van der Waals surface area contributed by atoms with E-state index in [1.165, 1.54) is 44.5 Å². The van der Waals surface area contributed by atoms with E-state index in [4.69, 9.17) is 4.42 Å². The molecule has 0 saturated carbocycles. The van der Waals surface area contributed by atoms with Gasteiger partial charge in [-0.2, -0.15) is 0 Å². The first kappa shape index (κ1) is 26.4. The fraction of sp³-hybridized carbons (Fsp3) is 0.0667. The molecule has 1 aromatic heterocycles. The summed E-state index contributed by atoms with van der Waals surface area (Å²) < 4.78 is 6.50. The Bertz CT molecular complexity index is 2470. The van der Waals surface area contributed by atoms with Crippen molar-refractivity contribution in [3.8, 4) is 22.3 Å². The van der Waals surface area contributed by atoms with Gasteiger partial charge in [0.05, 0.1) is 5.69 Å². The fourth-order valence-electron chi connectivity index (χ4n) is 8.43. The molecular weight excluding hydrogens is 571 g/mol. The second-order valence-corrected chi connectivity index (χ2v) is 12.8. The number of rotatable bonds is 4. The lowest BCUT2D eigenvalue weighted by Crippen LogP contribution is -2.23. The summed E-state index contributed by atoms with van der Waals surface area (Å²) in [5, 5.41) is 2.26. The molecule has 0 bridgehead atoms. The number of para-hydroxylation sites is 3. The van der Waals surface area contributed by atoms with Crippen LogP contribution < -0.4 is 4.90 Å². The van der Waals surface area contributed by atoms with Crippen molar-refractivity contribution in [2.45, 2.75) is 18.3 Å². The molecule has 0 fully saturated rings. The Balaban J connectivity index is 1.10. The molecule has 0 saturated heterocycles. The molecule has 0 aliphatic heterocycles. The Morgan fingerprint density at radius 2 is 1.17 bits per heavy atom. The summed E-state index contributed by atoms with van der Waals surface area (Å²) in [5.74, 6) is 0. The first-order valence-electron chi connectivity index (χ1n) is 16.5. The Morgan fingerprint density at radius 1 is 0.489 bits per heavy atom. The van der Waals surface area contributed by atoms with E-state index in [0.717, 1.165) is 51.8 Å². The highest BCUT2D eigenvalue weighted by Gasteiger charge is 2.48. The van der Waals surface area contributed by atoms with Crippen LogP contribution in [0, 0.1) is 0 Å². The van der Waals surface area contributed by atoms with E-state index in [2.05, 4.69) is 157 Å². The topological polar surface area (TPSA) is 16.4 Å². The van der Waals surface area contributed by atoms with Gasteiger partial charge in [0.15, 0.2) is 5.58 Å². The van der Waals surface area contributed by atoms with Crippen LogP contribution in [-0.2, 0) is 11.8 Å². The minimum atomic E-state index is -0.0894. The predicted octanol–water partition coefficient (Wildman–Crippen LogP) is 12.0. The Kier molecular flexibility index (Phi) is 5.65. The predicted molar refractivity (Wildman–Crippen MR) is 194 cm³/mol. The molecule has 7 aromatic carbocycles. The zero-order valence-corrected chi connectivity index (χ0v) is 25.9. The lowest BCUT2D eigenvalue weighted by atomic mass is 9.73. The molecule has 47 heavy (non-hydrogen) atoms. The quantitative estimate of drug-likeness (QED) is 0.199. The summed E-state index contributed by atoms with van der Waals surface area (Å²) in [6.07, 6.45) is 2.22. The van der Waals surface area contributed by atoms with Crippen LogP contribution in [-0.4, -0.2) is 0 Å². The van der Waals surface area contributed by atoms with Crippen molar-refractivity contribution in [3.05, 3.63) is 186 Å². The molecule has 2 heteroatoms. The van der Waals surface area contributed by atoms with Gasteiger partial charge in [-0.1, -0.05) is 121 Å². The SMILES string of the molecule is c1ccc(N(c2ccc(-c3ccc4c(c3)C3(CCc5ccccc53)c3ccccc3-4)cc2)c2cccc3c2oc2ccccc23)cc1. The highest BCUT2D eigenvalue weighted by Crippen LogP contribution is 2.58. The first-order valence-corrected chi connectivity index (χ1v) is 16.5. The molecule has 1 heterocycles. The monoisotopic (exact) mass is 601 g/mol. The van der Waals surface area contributed by atoms with Crippen LogP contribution in [0.25, 0.3) is 44.2 Å². The van der Waals surface area contributed by atoms with Crippen molar-refractivity contribution >= 4 is 39.0 Å². The minimum Gasteiger partial charge on any atom is -0.454 e. The molecule has 10 rings (SSSR count). The fourth-order valence-corrected chi connectivity index (χ4v) is 8.43. The maximum Gasteiger partial charge on any atom is 0.159 e. The van der Waals surface area contributed by atoms with Crippen LogP contribution in [0.1, 0.15) is 28.7 Å². The zero-order chi connectivity index (χ0) is 31.0. The van der Waals surface area contributed by atoms with E-state index in [1.54, 1.807) is 0 Å². The van der Waals surface area contributed by atoms with E-state index >= 15 is 0 Å². The third-order valence-corrected chi connectivity index (χ3v) is 10.5. The first-order chi connectivity index (χ1) is 23.3. The summed E-state index contributed by atoms with van der Waals surface area (Å²) in [7, 11) is 0. The number of furan rings is 1. The molecule has 0 amide bonds. The van der Waals surface area contributed by atoms with E-state index in [1.807, 2.05) is 12.1 Å². The minimum absolute atomic E-state index is 0.0894. The number of nitrogens with zero attached hydrogens (tertiary/aromatic N) is 1. The summed E-state index contributed by atoms with van der Waals surface area (Å²) >= 11 is 0. The second kappa shape index (κ2) is 10.1. The molecule has 0 N–H and O–H groups in total. The number of benzene rings is 7. The molecule has 2 nitrogen and oxygen atoms in total. The van der Waals surface area contributed by atoms with Crippen LogP contribution in [0.4, 0.5) is 17.1 Å². The molecule has 222 valence electrons. The summed E-state index contributed by atoms with van der Waals surface area (Å²) in [4.78, 5) is 2.30. The van der Waals surface area contributed by atoms with Gasteiger partial charge in [-0.05, 0) is 99.8 Å². The van der Waals surface area contributed by atoms with Crippen LogP contribution in [0.3, 0.4) is 0 Å². The third kappa shape index (κ3) is 3.79. The summed E-state index contributed by atoms with van der Waals surface area (Å²) in [6.45, 7) is 0. The second-order valence-electron chi connectivity index (χ2n) is 12.8. The lowest BCUT2D eigenvalue weighted by Gasteiger charge is -2.29. The average Bonchev–Trinajstić information content (AvgIpc) is 3.81. The number of anilines is 3. The van der Waals surface area contributed by atoms with Gasteiger partial charge in [0.2, 0.25) is 0 Å². The van der Waals surface area contributed by atoms with Crippen molar-refractivity contribution in [3.63, 3.8) is 0 Å². The van der Waals surface area contributed by atoms with Crippen LogP contribution in [0.5, 0.6) is 0 Å². The maximum absolute atomic E-state index is 6.50. The lowest BCUT2D eigenvalue weighted by molar-refractivity contribution is 0.626. The highest BCUT2D eigenvalue weighted by molar-refractivity contribution is 6.10. The highest BCUT2D eigenvalue weighted by atomic mass is 16.3. The Morgan fingerprint density at radius 3 is 2.06 bits per heavy atom. The molecule has 8 aromatic rings. The molecule has 0 radical (unpaired) electrons. The molecular formula is C45H31NO. The Labute approximate surface area is 274 Å². The number of fused-ring (bicyclic) bond motifs is 10. The maximum atomic E-state index is 6.50. The van der Waals surface area contributed by atoms with Gasteiger partial charge in [-0.3, -0.25) is 0 Å². The van der Waals surface area contributed by atoms with Crippen molar-refractivity contribution in [1.29, 1.82) is 0 Å². The summed E-state index contributed by atoms with van der Waals surface area (Å²) in [6, 6.07) is 59.5. The Hall–Kier alpha value is -5.86. The van der Waals surface area contributed by atoms with Gasteiger partial charge in [0.25, 0.3) is 0 Å². The zero-order valence-electron chi connectivity index (χ0n) is 25.9. The van der Waals surface area contributed by atoms with Crippen LogP contribution in [0.15, 0.2) is 168 Å². The van der Waals surface area contributed by atoms with E-state index in [9.17, 15) is 0 Å². The van der Waals surface area contributed by atoms with E-state index < -0.39 is 0 Å². The standard InChI is InChI=1S/C45H31NO/c1-2-12-33(13-3-1)46(42-19-10-16-38-37-15-6-9-20-43(37)47-44(38)42)34-24-21-30(22-25-34)32-23-26-36-35-14-5-8-18-40(35)45(41(36)29-32)28-27-31-11-4-7-17-39(31)45/h1-26,29H,27-28H2.